The largest absolute Gasteiger partial charge is 0.477 e. The van der Waals surface area contributed by atoms with Gasteiger partial charge in [-0.25, -0.2) is 19.0 Å². The molecular formula is C22H16Br2N4O4. The van der Waals surface area contributed by atoms with Gasteiger partial charge in [0.2, 0.25) is 0 Å². The van der Waals surface area contributed by atoms with E-state index < -0.39 is 11.9 Å². The van der Waals surface area contributed by atoms with Crippen LogP contribution in [-0.4, -0.2) is 41.7 Å². The zero-order valence-corrected chi connectivity index (χ0v) is 19.6. The fourth-order valence-electron chi connectivity index (χ4n) is 3.27. The molecular weight excluding hydrogens is 544 g/mol. The summed E-state index contributed by atoms with van der Waals surface area (Å²) in [5, 5.41) is 28.1. The smallest absolute Gasteiger partial charge is 0.354 e. The van der Waals surface area contributed by atoms with E-state index >= 15 is 0 Å². The number of carboxylic acid groups (broad SMARTS) is 2. The van der Waals surface area contributed by atoms with Gasteiger partial charge in [-0.2, -0.15) is 10.2 Å². The second-order valence-corrected chi connectivity index (χ2v) is 8.77. The minimum atomic E-state index is -1.09. The Morgan fingerprint density at radius 1 is 0.719 bits per heavy atom. The standard InChI is InChI=1S/C22H16Br2N4O4/c23-13-3-1-5-17(9-13)27-19(21(29)30)11-15(25-27)7-8-16-12-20(22(31)32)28(26-16)18-6-2-4-14(24)10-18/h1-6,9-12H,7-8H2,(H,29,30)(H,31,32). The highest BCUT2D eigenvalue weighted by atomic mass is 79.9. The first-order valence-corrected chi connectivity index (χ1v) is 11.1. The molecule has 2 heterocycles. The zero-order valence-electron chi connectivity index (χ0n) is 16.4. The summed E-state index contributed by atoms with van der Waals surface area (Å²) in [7, 11) is 0. The van der Waals surface area contributed by atoms with Crippen molar-refractivity contribution < 1.29 is 19.8 Å². The van der Waals surface area contributed by atoms with Gasteiger partial charge in [0, 0.05) is 8.95 Å². The van der Waals surface area contributed by atoms with Crippen LogP contribution in [0.4, 0.5) is 0 Å². The molecule has 0 atom stereocenters. The molecule has 0 unspecified atom stereocenters. The van der Waals surface area contributed by atoms with E-state index in [1.165, 1.54) is 21.5 Å². The fourth-order valence-corrected chi connectivity index (χ4v) is 4.05. The Morgan fingerprint density at radius 3 is 1.47 bits per heavy atom. The predicted molar refractivity (Wildman–Crippen MR) is 124 cm³/mol. The molecule has 4 rings (SSSR count). The van der Waals surface area contributed by atoms with Crippen molar-refractivity contribution in [3.63, 3.8) is 0 Å². The van der Waals surface area contributed by atoms with Crippen LogP contribution < -0.4 is 0 Å². The van der Waals surface area contributed by atoms with Crippen molar-refractivity contribution in [1.29, 1.82) is 0 Å². The number of halogens is 2. The topological polar surface area (TPSA) is 110 Å². The average molecular weight is 560 g/mol. The van der Waals surface area contributed by atoms with Gasteiger partial charge < -0.3 is 10.2 Å². The molecule has 2 aromatic heterocycles. The van der Waals surface area contributed by atoms with Crippen LogP contribution in [-0.2, 0) is 12.8 Å². The van der Waals surface area contributed by atoms with E-state index in [1.54, 1.807) is 36.4 Å². The third kappa shape index (κ3) is 4.66. The van der Waals surface area contributed by atoms with Crippen molar-refractivity contribution in [2.75, 3.05) is 0 Å². The molecule has 0 aliphatic carbocycles. The highest BCUT2D eigenvalue weighted by molar-refractivity contribution is 9.10. The third-order valence-electron chi connectivity index (χ3n) is 4.70. The molecule has 10 heteroatoms. The van der Waals surface area contributed by atoms with Crippen molar-refractivity contribution in [2.45, 2.75) is 12.8 Å². The summed E-state index contributed by atoms with van der Waals surface area (Å²) >= 11 is 6.77. The van der Waals surface area contributed by atoms with Crippen LogP contribution in [0, 0.1) is 0 Å². The molecule has 0 radical (unpaired) electrons. The van der Waals surface area contributed by atoms with Crippen LogP contribution in [0.25, 0.3) is 11.4 Å². The van der Waals surface area contributed by atoms with Gasteiger partial charge in [-0.05, 0) is 61.4 Å². The molecule has 2 aromatic carbocycles. The SMILES string of the molecule is O=C(O)c1cc(CCc2cc(C(=O)O)n(-c3cccc(Br)c3)n2)nn1-c1cccc(Br)c1. The van der Waals surface area contributed by atoms with Crippen molar-refractivity contribution in [3.05, 3.63) is 92.4 Å². The number of benzene rings is 2. The summed E-state index contributed by atoms with van der Waals surface area (Å²) in [4.78, 5) is 23.4. The normalized spacial score (nSPS) is 10.9. The second-order valence-electron chi connectivity index (χ2n) is 6.94. The molecule has 0 amide bonds. The van der Waals surface area contributed by atoms with Crippen LogP contribution >= 0.6 is 31.9 Å². The van der Waals surface area contributed by atoms with Gasteiger partial charge >= 0.3 is 11.9 Å². The molecule has 8 nitrogen and oxygen atoms in total. The van der Waals surface area contributed by atoms with E-state index in [4.69, 9.17) is 0 Å². The number of aromatic nitrogens is 4. The quantitative estimate of drug-likeness (QED) is 0.337. The van der Waals surface area contributed by atoms with Crippen molar-refractivity contribution in [2.24, 2.45) is 0 Å². The summed E-state index contributed by atoms with van der Waals surface area (Å²) in [6.07, 6.45) is 0.797. The maximum Gasteiger partial charge on any atom is 0.354 e. The van der Waals surface area contributed by atoms with Crippen molar-refractivity contribution in [3.8, 4) is 11.4 Å². The molecule has 0 saturated heterocycles. The van der Waals surface area contributed by atoms with Gasteiger partial charge in [-0.15, -0.1) is 0 Å². The first kappa shape index (κ1) is 22.0. The van der Waals surface area contributed by atoms with Gasteiger partial charge in [0.1, 0.15) is 0 Å². The predicted octanol–water partition coefficient (Wildman–Crippen LogP) is 4.76. The molecule has 0 fully saturated rings. The van der Waals surface area contributed by atoms with E-state index in [9.17, 15) is 19.8 Å². The lowest BCUT2D eigenvalue weighted by Crippen LogP contribution is -2.08. The zero-order chi connectivity index (χ0) is 22.8. The van der Waals surface area contributed by atoms with Crippen LogP contribution in [0.3, 0.4) is 0 Å². The van der Waals surface area contributed by atoms with Crippen molar-refractivity contribution >= 4 is 43.8 Å². The Balaban J connectivity index is 1.61. The van der Waals surface area contributed by atoms with E-state index in [0.717, 1.165) is 8.95 Å². The summed E-state index contributed by atoms with van der Waals surface area (Å²) in [5.74, 6) is -2.17. The fraction of sp³-hybridized carbons (Fsp3) is 0.0909. The van der Waals surface area contributed by atoms with E-state index in [-0.39, 0.29) is 11.4 Å². The summed E-state index contributed by atoms with van der Waals surface area (Å²) in [6.45, 7) is 0. The van der Waals surface area contributed by atoms with Crippen LogP contribution in [0.15, 0.2) is 69.6 Å². The lowest BCUT2D eigenvalue weighted by Gasteiger charge is -2.05. The first-order chi connectivity index (χ1) is 15.3. The van der Waals surface area contributed by atoms with E-state index in [2.05, 4.69) is 42.1 Å². The molecule has 4 aromatic rings. The molecule has 0 bridgehead atoms. The minimum Gasteiger partial charge on any atom is -0.477 e. The molecule has 32 heavy (non-hydrogen) atoms. The molecule has 2 N–H and O–H groups in total. The van der Waals surface area contributed by atoms with Crippen molar-refractivity contribution in [1.82, 2.24) is 19.6 Å². The van der Waals surface area contributed by atoms with Gasteiger partial charge in [-0.3, -0.25) is 0 Å². The lowest BCUT2D eigenvalue weighted by molar-refractivity contribution is 0.0676. The number of hydrogen-bond donors (Lipinski definition) is 2. The monoisotopic (exact) mass is 558 g/mol. The number of carbonyl (C=O) groups is 2. The minimum absolute atomic E-state index is 0.0454. The Kier molecular flexibility index (Phi) is 6.24. The lowest BCUT2D eigenvalue weighted by atomic mass is 10.2. The Morgan fingerprint density at radius 2 is 1.12 bits per heavy atom. The van der Waals surface area contributed by atoms with Crippen LogP contribution in [0.5, 0.6) is 0 Å². The third-order valence-corrected chi connectivity index (χ3v) is 5.69. The Bertz CT molecular complexity index is 1230. The van der Waals surface area contributed by atoms with Gasteiger partial charge in [-0.1, -0.05) is 44.0 Å². The Hall–Kier alpha value is -3.24. The number of rotatable bonds is 7. The van der Waals surface area contributed by atoms with Gasteiger partial charge in [0.25, 0.3) is 0 Å². The maximum atomic E-state index is 11.7. The van der Waals surface area contributed by atoms with Crippen LogP contribution in [0.2, 0.25) is 0 Å². The molecule has 0 saturated carbocycles. The number of aryl methyl sites for hydroxylation is 2. The van der Waals surface area contributed by atoms with Gasteiger partial charge in [0.05, 0.1) is 22.8 Å². The Labute approximate surface area is 199 Å². The number of hydrogen-bond acceptors (Lipinski definition) is 4. The number of nitrogens with zero attached hydrogens (tertiary/aromatic N) is 4. The summed E-state index contributed by atoms with van der Waals surface area (Å²) < 4.78 is 4.38. The number of carboxylic acids is 2. The van der Waals surface area contributed by atoms with E-state index in [0.29, 0.717) is 35.6 Å². The van der Waals surface area contributed by atoms with Crippen LogP contribution in [0.1, 0.15) is 32.4 Å². The van der Waals surface area contributed by atoms with Gasteiger partial charge in [0.15, 0.2) is 11.4 Å². The molecule has 0 spiro atoms. The summed E-state index contributed by atoms with van der Waals surface area (Å²) in [5.41, 5.74) is 2.46. The highest BCUT2D eigenvalue weighted by Crippen LogP contribution is 2.20. The average Bonchev–Trinajstić information content (AvgIpc) is 3.37. The molecule has 0 aliphatic heterocycles. The maximum absolute atomic E-state index is 11.7. The highest BCUT2D eigenvalue weighted by Gasteiger charge is 2.19. The second kappa shape index (κ2) is 9.09. The molecule has 162 valence electrons. The summed E-state index contributed by atoms with van der Waals surface area (Å²) in [6, 6.07) is 17.4. The molecule has 0 aliphatic rings. The van der Waals surface area contributed by atoms with E-state index in [1.807, 2.05) is 12.1 Å². The number of aromatic carboxylic acids is 2. The first-order valence-electron chi connectivity index (χ1n) is 9.48.